The Hall–Kier alpha value is -0.120. The fraction of sp³-hybridized carbons (Fsp3) is 1.00. The standard InChI is InChI=1S/C14H31N3/c1-4-7-16-9-11-17(12-10-16)8-5-6-14(2,3)13-15/h4-13,15H2,1-3H3. The number of piperazine rings is 1. The van der Waals surface area contributed by atoms with Gasteiger partial charge in [0.15, 0.2) is 0 Å². The summed E-state index contributed by atoms with van der Waals surface area (Å²) < 4.78 is 0. The molecule has 0 aromatic carbocycles. The first-order chi connectivity index (χ1) is 8.07. The van der Waals surface area contributed by atoms with Gasteiger partial charge in [0.1, 0.15) is 0 Å². The van der Waals surface area contributed by atoms with Gasteiger partial charge in [0.2, 0.25) is 0 Å². The molecule has 0 aliphatic carbocycles. The van der Waals surface area contributed by atoms with Crippen molar-refractivity contribution < 1.29 is 0 Å². The first-order valence-corrected chi connectivity index (χ1v) is 7.22. The van der Waals surface area contributed by atoms with Crippen LogP contribution < -0.4 is 5.73 Å². The van der Waals surface area contributed by atoms with Crippen LogP contribution >= 0.6 is 0 Å². The zero-order valence-electron chi connectivity index (χ0n) is 12.0. The molecule has 1 saturated heterocycles. The maximum absolute atomic E-state index is 5.76. The van der Waals surface area contributed by atoms with Gasteiger partial charge in [-0.05, 0) is 44.3 Å². The van der Waals surface area contributed by atoms with E-state index in [2.05, 4.69) is 30.6 Å². The van der Waals surface area contributed by atoms with E-state index in [1.54, 1.807) is 0 Å². The second-order valence-electron chi connectivity index (χ2n) is 6.16. The van der Waals surface area contributed by atoms with E-state index in [9.17, 15) is 0 Å². The molecule has 1 fully saturated rings. The number of hydrogen-bond donors (Lipinski definition) is 1. The third-order valence-electron chi connectivity index (χ3n) is 3.89. The van der Waals surface area contributed by atoms with Crippen molar-refractivity contribution in [2.45, 2.75) is 40.0 Å². The van der Waals surface area contributed by atoms with Gasteiger partial charge < -0.3 is 15.5 Å². The van der Waals surface area contributed by atoms with E-state index in [1.165, 1.54) is 58.5 Å². The molecule has 0 aromatic heterocycles. The van der Waals surface area contributed by atoms with Crippen LogP contribution in [0.25, 0.3) is 0 Å². The largest absolute Gasteiger partial charge is 0.330 e. The molecular formula is C14H31N3. The molecule has 1 rings (SSSR count). The summed E-state index contributed by atoms with van der Waals surface area (Å²) in [5, 5.41) is 0. The SMILES string of the molecule is CCCN1CCN(CCCC(C)(C)CN)CC1. The highest BCUT2D eigenvalue weighted by Crippen LogP contribution is 2.20. The predicted molar refractivity (Wildman–Crippen MR) is 75.2 cm³/mol. The van der Waals surface area contributed by atoms with Crippen molar-refractivity contribution >= 4 is 0 Å². The molecule has 1 aliphatic heterocycles. The molecule has 1 heterocycles. The third kappa shape index (κ3) is 5.84. The molecular weight excluding hydrogens is 210 g/mol. The van der Waals surface area contributed by atoms with Gasteiger partial charge in [-0.25, -0.2) is 0 Å². The molecule has 0 atom stereocenters. The predicted octanol–water partition coefficient (Wildman–Crippen LogP) is 1.78. The van der Waals surface area contributed by atoms with Crippen molar-refractivity contribution in [1.29, 1.82) is 0 Å². The molecule has 2 N–H and O–H groups in total. The van der Waals surface area contributed by atoms with E-state index >= 15 is 0 Å². The van der Waals surface area contributed by atoms with E-state index in [0.29, 0.717) is 5.41 Å². The average molecular weight is 241 g/mol. The maximum atomic E-state index is 5.76. The van der Waals surface area contributed by atoms with Crippen LogP contribution in [0.3, 0.4) is 0 Å². The molecule has 0 unspecified atom stereocenters. The summed E-state index contributed by atoms with van der Waals surface area (Å²) in [4.78, 5) is 5.19. The molecule has 102 valence electrons. The van der Waals surface area contributed by atoms with Crippen LogP contribution in [0.5, 0.6) is 0 Å². The second kappa shape index (κ2) is 7.34. The van der Waals surface area contributed by atoms with Crippen molar-refractivity contribution in [1.82, 2.24) is 9.80 Å². The van der Waals surface area contributed by atoms with Gasteiger partial charge in [-0.3, -0.25) is 0 Å². The lowest BCUT2D eigenvalue weighted by molar-refractivity contribution is 0.127. The highest BCUT2D eigenvalue weighted by Gasteiger charge is 2.18. The Morgan fingerprint density at radius 1 is 1.00 bits per heavy atom. The Morgan fingerprint density at radius 2 is 1.53 bits per heavy atom. The fourth-order valence-electron chi connectivity index (χ4n) is 2.44. The van der Waals surface area contributed by atoms with Gasteiger partial charge in [0.25, 0.3) is 0 Å². The number of hydrogen-bond acceptors (Lipinski definition) is 3. The van der Waals surface area contributed by atoms with Gasteiger partial charge in [0, 0.05) is 26.2 Å². The topological polar surface area (TPSA) is 32.5 Å². The van der Waals surface area contributed by atoms with Gasteiger partial charge >= 0.3 is 0 Å². The molecule has 0 saturated carbocycles. The molecule has 0 radical (unpaired) electrons. The van der Waals surface area contributed by atoms with Crippen LogP contribution in [0, 0.1) is 5.41 Å². The quantitative estimate of drug-likeness (QED) is 0.737. The van der Waals surface area contributed by atoms with E-state index in [-0.39, 0.29) is 0 Å². The third-order valence-corrected chi connectivity index (χ3v) is 3.89. The first kappa shape index (κ1) is 14.9. The van der Waals surface area contributed by atoms with Crippen LogP contribution in [0.4, 0.5) is 0 Å². The summed E-state index contributed by atoms with van der Waals surface area (Å²) in [6.45, 7) is 15.2. The summed E-state index contributed by atoms with van der Waals surface area (Å²) in [6, 6.07) is 0. The van der Waals surface area contributed by atoms with E-state index in [4.69, 9.17) is 5.73 Å². The van der Waals surface area contributed by atoms with E-state index in [1.807, 2.05) is 0 Å². The fourth-order valence-corrected chi connectivity index (χ4v) is 2.44. The van der Waals surface area contributed by atoms with Crippen molar-refractivity contribution in [3.63, 3.8) is 0 Å². The molecule has 17 heavy (non-hydrogen) atoms. The summed E-state index contributed by atoms with van der Waals surface area (Å²) in [5.41, 5.74) is 6.08. The smallest absolute Gasteiger partial charge is 0.0110 e. The lowest BCUT2D eigenvalue weighted by Gasteiger charge is -2.35. The molecule has 0 bridgehead atoms. The Bertz CT molecular complexity index is 196. The molecule has 0 amide bonds. The van der Waals surface area contributed by atoms with Crippen molar-refractivity contribution in [2.75, 3.05) is 45.8 Å². The summed E-state index contributed by atoms with van der Waals surface area (Å²) in [7, 11) is 0. The monoisotopic (exact) mass is 241 g/mol. The molecule has 3 heteroatoms. The van der Waals surface area contributed by atoms with Crippen LogP contribution in [0.15, 0.2) is 0 Å². The molecule has 0 spiro atoms. The Morgan fingerprint density at radius 3 is 2.00 bits per heavy atom. The molecule has 0 aromatic rings. The molecule has 3 nitrogen and oxygen atoms in total. The number of rotatable bonds is 7. The number of nitrogens with two attached hydrogens (primary N) is 1. The summed E-state index contributed by atoms with van der Waals surface area (Å²) in [6.07, 6.45) is 3.82. The van der Waals surface area contributed by atoms with Gasteiger partial charge in [0.05, 0.1) is 0 Å². The van der Waals surface area contributed by atoms with Gasteiger partial charge in [-0.2, -0.15) is 0 Å². The summed E-state index contributed by atoms with van der Waals surface area (Å²) >= 11 is 0. The second-order valence-corrected chi connectivity index (χ2v) is 6.16. The van der Waals surface area contributed by atoms with Gasteiger partial charge in [-0.15, -0.1) is 0 Å². The molecule has 1 aliphatic rings. The Balaban J connectivity index is 2.10. The normalized spacial score (nSPS) is 19.8. The van der Waals surface area contributed by atoms with E-state index < -0.39 is 0 Å². The van der Waals surface area contributed by atoms with Crippen LogP contribution in [0.1, 0.15) is 40.0 Å². The number of nitrogens with zero attached hydrogens (tertiary/aromatic N) is 2. The zero-order chi connectivity index (χ0) is 12.7. The lowest BCUT2D eigenvalue weighted by Crippen LogP contribution is -2.46. The van der Waals surface area contributed by atoms with Crippen molar-refractivity contribution in [3.8, 4) is 0 Å². The minimum atomic E-state index is 0.323. The minimum absolute atomic E-state index is 0.323. The summed E-state index contributed by atoms with van der Waals surface area (Å²) in [5.74, 6) is 0. The van der Waals surface area contributed by atoms with Crippen molar-refractivity contribution in [3.05, 3.63) is 0 Å². The van der Waals surface area contributed by atoms with Crippen molar-refractivity contribution in [2.24, 2.45) is 11.1 Å². The highest BCUT2D eigenvalue weighted by atomic mass is 15.3. The Labute approximate surface area is 107 Å². The van der Waals surface area contributed by atoms with E-state index in [0.717, 1.165) is 6.54 Å². The van der Waals surface area contributed by atoms with Crippen LogP contribution in [0.2, 0.25) is 0 Å². The minimum Gasteiger partial charge on any atom is -0.330 e. The van der Waals surface area contributed by atoms with Crippen LogP contribution in [-0.2, 0) is 0 Å². The average Bonchev–Trinajstić information content (AvgIpc) is 2.32. The highest BCUT2D eigenvalue weighted by molar-refractivity contribution is 4.74. The van der Waals surface area contributed by atoms with Crippen LogP contribution in [-0.4, -0.2) is 55.6 Å². The lowest BCUT2D eigenvalue weighted by atomic mass is 9.88. The maximum Gasteiger partial charge on any atom is 0.0110 e. The first-order valence-electron chi connectivity index (χ1n) is 7.22. The zero-order valence-corrected chi connectivity index (χ0v) is 12.0. The Kier molecular flexibility index (Phi) is 6.45. The van der Waals surface area contributed by atoms with Gasteiger partial charge in [-0.1, -0.05) is 20.8 Å².